The molecule has 0 amide bonds. The Morgan fingerprint density at radius 2 is 2.04 bits per heavy atom. The summed E-state index contributed by atoms with van der Waals surface area (Å²) in [4.78, 5) is 13.0. The molecule has 0 aliphatic heterocycles. The van der Waals surface area contributed by atoms with Crippen LogP contribution in [0.4, 0.5) is 10.2 Å². The van der Waals surface area contributed by atoms with Crippen molar-refractivity contribution in [1.82, 2.24) is 19.5 Å². The second-order valence-corrected chi connectivity index (χ2v) is 7.48. The molecule has 140 valence electrons. The highest BCUT2D eigenvalue weighted by Crippen LogP contribution is 2.55. The average molecular weight is 369 g/mol. The summed E-state index contributed by atoms with van der Waals surface area (Å²) in [5.74, 6) is 0.931. The molecule has 0 spiro atoms. The Labute approximate surface area is 154 Å². The number of aliphatic hydroxyl groups excluding tert-OH is 2. The number of aliphatic hydroxyl groups is 2. The van der Waals surface area contributed by atoms with Crippen LogP contribution in [0.1, 0.15) is 12.0 Å². The summed E-state index contributed by atoms with van der Waals surface area (Å²) >= 11 is 0. The number of imidazole rings is 1. The summed E-state index contributed by atoms with van der Waals surface area (Å²) in [7, 11) is 0. The number of rotatable bonds is 5. The Kier molecular flexibility index (Phi) is 3.84. The number of nitrogens with one attached hydrogen (secondary N) is 1. The van der Waals surface area contributed by atoms with Gasteiger partial charge in [-0.1, -0.05) is 12.1 Å². The Balaban J connectivity index is 1.37. The molecule has 2 aromatic heterocycles. The first-order valence-electron chi connectivity index (χ1n) is 9.12. The molecule has 5 rings (SSSR count). The van der Waals surface area contributed by atoms with Crippen LogP contribution < -0.4 is 5.32 Å². The molecule has 0 saturated heterocycles. The number of fused-ring (bicyclic) bond motifs is 2. The van der Waals surface area contributed by atoms with Crippen LogP contribution in [0.2, 0.25) is 0 Å². The third-order valence-electron chi connectivity index (χ3n) is 5.83. The Morgan fingerprint density at radius 1 is 1.15 bits per heavy atom. The second kappa shape index (κ2) is 6.24. The molecule has 0 bridgehead atoms. The van der Waals surface area contributed by atoms with Crippen LogP contribution in [0.15, 0.2) is 36.9 Å². The molecule has 1 aromatic carbocycles. The third kappa shape index (κ3) is 2.85. The molecule has 2 heterocycles. The van der Waals surface area contributed by atoms with Gasteiger partial charge in [0.05, 0.1) is 18.5 Å². The van der Waals surface area contributed by atoms with Gasteiger partial charge in [-0.2, -0.15) is 0 Å². The van der Waals surface area contributed by atoms with Gasteiger partial charge in [-0.25, -0.2) is 19.3 Å². The lowest BCUT2D eigenvalue weighted by Crippen LogP contribution is -2.31. The van der Waals surface area contributed by atoms with E-state index in [-0.39, 0.29) is 17.7 Å². The maximum atomic E-state index is 13.3. The predicted octanol–water partition coefficient (Wildman–Crippen LogP) is 1.57. The molecule has 5 atom stereocenters. The number of aromatic nitrogens is 4. The lowest BCUT2D eigenvalue weighted by molar-refractivity contribution is -0.00373. The second-order valence-electron chi connectivity index (χ2n) is 7.48. The number of anilines is 1. The topological polar surface area (TPSA) is 96.1 Å². The van der Waals surface area contributed by atoms with Gasteiger partial charge in [-0.3, -0.25) is 0 Å². The summed E-state index contributed by atoms with van der Waals surface area (Å²) in [6.07, 6.45) is 2.83. The van der Waals surface area contributed by atoms with Crippen molar-refractivity contribution in [3.05, 3.63) is 48.3 Å². The largest absolute Gasteiger partial charge is 0.390 e. The first-order valence-corrected chi connectivity index (χ1v) is 9.12. The van der Waals surface area contributed by atoms with Crippen molar-refractivity contribution in [3.8, 4) is 0 Å². The molecule has 8 heteroatoms. The summed E-state index contributed by atoms with van der Waals surface area (Å²) in [5, 5.41) is 23.5. The fraction of sp³-hybridized carbons (Fsp3) is 0.421. The molecule has 27 heavy (non-hydrogen) atoms. The van der Waals surface area contributed by atoms with Crippen molar-refractivity contribution >= 4 is 17.0 Å². The number of hydrogen-bond acceptors (Lipinski definition) is 6. The third-order valence-corrected chi connectivity index (χ3v) is 5.83. The van der Waals surface area contributed by atoms with E-state index < -0.39 is 12.2 Å². The predicted molar refractivity (Wildman–Crippen MR) is 96.2 cm³/mol. The molecule has 2 aliphatic rings. The van der Waals surface area contributed by atoms with Crippen molar-refractivity contribution in [2.75, 3.05) is 5.32 Å². The standard InChI is InChI=1S/C19H20FN5O2/c20-11-3-1-2-10(4-11)6-21-18-15-19(23-8-22-18)25(9-24-15)7-14-12-5-13(12)16(26)17(14)27/h1-4,8-9,12-14,16-17,26-27H,5-7H2,(H,21,22,23)/t12-,13+,14+,16+,17-/m0/s1. The summed E-state index contributed by atoms with van der Waals surface area (Å²) in [6.45, 7) is 0.990. The minimum atomic E-state index is -0.696. The Hall–Kier alpha value is -2.58. The monoisotopic (exact) mass is 369 g/mol. The van der Waals surface area contributed by atoms with E-state index in [1.54, 1.807) is 12.4 Å². The SMILES string of the molecule is O[C@@H]1[C@H](O)[C@@H]2C[C@@H]2[C@H]1Cn1cnc2c(NCc3cccc(F)c3)ncnc21. The zero-order valence-electron chi connectivity index (χ0n) is 14.5. The summed E-state index contributed by atoms with van der Waals surface area (Å²) < 4.78 is 15.2. The van der Waals surface area contributed by atoms with Crippen LogP contribution in [0.5, 0.6) is 0 Å². The number of benzene rings is 1. The fourth-order valence-electron chi connectivity index (χ4n) is 4.33. The zero-order valence-corrected chi connectivity index (χ0v) is 14.5. The van der Waals surface area contributed by atoms with Gasteiger partial charge in [-0.05, 0) is 36.0 Å². The first kappa shape index (κ1) is 16.6. The van der Waals surface area contributed by atoms with E-state index in [0.717, 1.165) is 12.0 Å². The van der Waals surface area contributed by atoms with Gasteiger partial charge >= 0.3 is 0 Å². The van der Waals surface area contributed by atoms with E-state index in [0.29, 0.717) is 36.0 Å². The quantitative estimate of drug-likeness (QED) is 0.632. The van der Waals surface area contributed by atoms with E-state index in [4.69, 9.17) is 0 Å². The van der Waals surface area contributed by atoms with Gasteiger partial charge in [0, 0.05) is 19.0 Å². The van der Waals surface area contributed by atoms with Gasteiger partial charge in [0.2, 0.25) is 0 Å². The van der Waals surface area contributed by atoms with Crippen LogP contribution in [0.3, 0.4) is 0 Å². The van der Waals surface area contributed by atoms with Crippen LogP contribution in [0, 0.1) is 23.6 Å². The van der Waals surface area contributed by atoms with Gasteiger partial charge in [-0.15, -0.1) is 0 Å². The maximum absolute atomic E-state index is 13.3. The molecule has 3 N–H and O–H groups in total. The number of nitrogens with zero attached hydrogens (tertiary/aromatic N) is 4. The fourth-order valence-corrected chi connectivity index (χ4v) is 4.33. The molecular weight excluding hydrogens is 349 g/mol. The summed E-state index contributed by atoms with van der Waals surface area (Å²) in [5.41, 5.74) is 2.12. The number of hydrogen-bond donors (Lipinski definition) is 3. The molecule has 7 nitrogen and oxygen atoms in total. The van der Waals surface area contributed by atoms with E-state index in [1.807, 2.05) is 10.6 Å². The van der Waals surface area contributed by atoms with E-state index >= 15 is 0 Å². The zero-order chi connectivity index (χ0) is 18.5. The highest BCUT2D eigenvalue weighted by Gasteiger charge is 2.58. The van der Waals surface area contributed by atoms with E-state index in [2.05, 4.69) is 20.3 Å². The van der Waals surface area contributed by atoms with E-state index in [1.165, 1.54) is 18.5 Å². The van der Waals surface area contributed by atoms with Gasteiger partial charge in [0.15, 0.2) is 11.5 Å². The van der Waals surface area contributed by atoms with Crippen LogP contribution >= 0.6 is 0 Å². The highest BCUT2D eigenvalue weighted by atomic mass is 19.1. The van der Waals surface area contributed by atoms with Crippen molar-refractivity contribution in [3.63, 3.8) is 0 Å². The maximum Gasteiger partial charge on any atom is 0.165 e. The van der Waals surface area contributed by atoms with Crippen LogP contribution in [-0.2, 0) is 13.1 Å². The minimum absolute atomic E-state index is 0.0149. The van der Waals surface area contributed by atoms with Crippen molar-refractivity contribution < 1.29 is 14.6 Å². The van der Waals surface area contributed by atoms with E-state index in [9.17, 15) is 14.6 Å². The molecule has 3 aromatic rings. The first-order chi connectivity index (χ1) is 13.1. The summed E-state index contributed by atoms with van der Waals surface area (Å²) in [6, 6.07) is 6.39. The smallest absolute Gasteiger partial charge is 0.165 e. The van der Waals surface area contributed by atoms with Gasteiger partial charge in [0.1, 0.15) is 17.7 Å². The van der Waals surface area contributed by atoms with Crippen molar-refractivity contribution in [2.45, 2.75) is 31.7 Å². The Bertz CT molecular complexity index is 993. The molecule has 2 fully saturated rings. The normalized spacial score (nSPS) is 29.1. The van der Waals surface area contributed by atoms with Gasteiger partial charge in [0.25, 0.3) is 0 Å². The number of halogens is 1. The minimum Gasteiger partial charge on any atom is -0.390 e. The lowest BCUT2D eigenvalue weighted by Gasteiger charge is -2.20. The van der Waals surface area contributed by atoms with Crippen LogP contribution in [-0.4, -0.2) is 41.9 Å². The highest BCUT2D eigenvalue weighted by molar-refractivity contribution is 5.82. The molecule has 2 aliphatic carbocycles. The molecule has 0 radical (unpaired) electrons. The molecular formula is C19H20FN5O2. The Morgan fingerprint density at radius 3 is 2.81 bits per heavy atom. The molecule has 2 saturated carbocycles. The molecule has 0 unspecified atom stereocenters. The van der Waals surface area contributed by atoms with Crippen molar-refractivity contribution in [1.29, 1.82) is 0 Å². The van der Waals surface area contributed by atoms with Crippen molar-refractivity contribution in [2.24, 2.45) is 17.8 Å². The lowest BCUT2D eigenvalue weighted by atomic mass is 9.99. The average Bonchev–Trinajstić information content (AvgIpc) is 3.30. The van der Waals surface area contributed by atoms with Crippen LogP contribution in [0.25, 0.3) is 11.2 Å². The van der Waals surface area contributed by atoms with Gasteiger partial charge < -0.3 is 20.1 Å².